The molecule has 1 fully saturated rings. The van der Waals surface area contributed by atoms with E-state index in [9.17, 15) is 22.4 Å². The maximum absolute atomic E-state index is 13.9. The van der Waals surface area contributed by atoms with E-state index in [1.165, 1.54) is 18.2 Å². The molecule has 1 aliphatic carbocycles. The third-order valence-electron chi connectivity index (χ3n) is 5.77. The first kappa shape index (κ1) is 23.7. The molecule has 0 saturated heterocycles. The van der Waals surface area contributed by atoms with Crippen LogP contribution in [0, 0.1) is 11.7 Å². The van der Waals surface area contributed by atoms with Crippen molar-refractivity contribution in [3.05, 3.63) is 58.9 Å². The molecule has 2 aromatic carbocycles. The highest BCUT2D eigenvalue weighted by Crippen LogP contribution is 2.55. The highest BCUT2D eigenvalue weighted by atomic mass is 32.2. The number of esters is 1. The number of carbonyl (C=O) groups excluding carboxylic acids is 2. The molecule has 1 amide bonds. The Balaban J connectivity index is 1.95. The van der Waals surface area contributed by atoms with Crippen LogP contribution in [0.2, 0.25) is 0 Å². The van der Waals surface area contributed by atoms with Gasteiger partial charge in [-0.3, -0.25) is 0 Å². The van der Waals surface area contributed by atoms with E-state index in [2.05, 4.69) is 0 Å². The van der Waals surface area contributed by atoms with E-state index in [4.69, 9.17) is 19.3 Å². The molecule has 1 aliphatic heterocycles. The quantitative estimate of drug-likeness (QED) is 0.613. The van der Waals surface area contributed by atoms with Gasteiger partial charge in [-0.2, -0.15) is 4.31 Å². The topological polar surface area (TPSA) is 119 Å². The van der Waals surface area contributed by atoms with Crippen LogP contribution in [-0.2, 0) is 19.5 Å². The molecular formula is C23H22FNO8S. The van der Waals surface area contributed by atoms with E-state index in [-0.39, 0.29) is 28.5 Å². The van der Waals surface area contributed by atoms with Crippen LogP contribution in [0.15, 0.2) is 41.3 Å². The number of fused-ring (bicyclic) bond motifs is 3. The lowest BCUT2D eigenvalue weighted by Crippen LogP contribution is -2.38. The van der Waals surface area contributed by atoms with E-state index in [0.29, 0.717) is 16.8 Å². The third-order valence-corrected chi connectivity index (χ3v) is 7.53. The molecule has 2 atom stereocenters. The van der Waals surface area contributed by atoms with Gasteiger partial charge in [-0.15, -0.1) is 0 Å². The number of aliphatic hydroxyl groups is 1. The minimum atomic E-state index is -4.74. The van der Waals surface area contributed by atoms with Gasteiger partial charge in [0.2, 0.25) is 0 Å². The van der Waals surface area contributed by atoms with Crippen molar-refractivity contribution < 1.29 is 41.7 Å². The van der Waals surface area contributed by atoms with E-state index >= 15 is 0 Å². The second kappa shape index (κ2) is 9.07. The van der Waals surface area contributed by atoms with Crippen molar-refractivity contribution >= 4 is 33.8 Å². The van der Waals surface area contributed by atoms with Gasteiger partial charge in [0.1, 0.15) is 17.1 Å². The number of sulfonamides is 1. The molecule has 180 valence electrons. The molecule has 34 heavy (non-hydrogen) atoms. The summed E-state index contributed by atoms with van der Waals surface area (Å²) in [5.41, 5.74) is 0.0698. The zero-order chi connectivity index (χ0) is 24.6. The largest absolute Gasteiger partial charge is 0.492 e. The lowest BCUT2D eigenvalue weighted by atomic mass is 10.00. The van der Waals surface area contributed by atoms with Crippen LogP contribution in [0.4, 0.5) is 14.9 Å². The summed E-state index contributed by atoms with van der Waals surface area (Å²) >= 11 is 0. The number of halogens is 1. The predicted molar refractivity (Wildman–Crippen MR) is 119 cm³/mol. The number of anilines is 1. The van der Waals surface area contributed by atoms with Crippen LogP contribution in [0.1, 0.15) is 33.8 Å². The molecule has 0 bridgehead atoms. The summed E-state index contributed by atoms with van der Waals surface area (Å²) < 4.78 is 57.1. The zero-order valence-corrected chi connectivity index (χ0v) is 19.2. The molecule has 2 aromatic rings. The minimum absolute atomic E-state index is 0.113. The monoisotopic (exact) mass is 491 g/mol. The molecule has 0 aromatic heterocycles. The summed E-state index contributed by atoms with van der Waals surface area (Å²) in [6, 6.07) is 5.79. The second-order valence-corrected chi connectivity index (χ2v) is 9.54. The Morgan fingerprint density at radius 2 is 2.00 bits per heavy atom. The average molecular weight is 491 g/mol. The Morgan fingerprint density at radius 1 is 1.24 bits per heavy atom. The molecule has 0 radical (unpaired) electrons. The van der Waals surface area contributed by atoms with Gasteiger partial charge in [0.25, 0.3) is 10.0 Å². The smallest absolute Gasteiger partial charge is 0.428 e. The van der Waals surface area contributed by atoms with Gasteiger partial charge in [-0.25, -0.2) is 22.4 Å². The molecule has 1 unspecified atom stereocenters. The van der Waals surface area contributed by atoms with Gasteiger partial charge >= 0.3 is 12.1 Å². The molecule has 11 heteroatoms. The van der Waals surface area contributed by atoms with Gasteiger partial charge < -0.3 is 19.3 Å². The predicted octanol–water partition coefficient (Wildman–Crippen LogP) is 3.08. The summed E-state index contributed by atoms with van der Waals surface area (Å²) in [5.74, 6) is -0.958. The third kappa shape index (κ3) is 4.01. The van der Waals surface area contributed by atoms with Crippen molar-refractivity contribution in [2.75, 3.05) is 31.7 Å². The molecule has 2 aliphatic rings. The van der Waals surface area contributed by atoms with Gasteiger partial charge in [0.05, 0.1) is 38.0 Å². The Morgan fingerprint density at radius 3 is 2.68 bits per heavy atom. The number of aliphatic hydroxyl groups excluding tert-OH is 1. The fourth-order valence-electron chi connectivity index (χ4n) is 4.08. The first-order valence-electron chi connectivity index (χ1n) is 10.3. The van der Waals surface area contributed by atoms with Crippen LogP contribution in [0.25, 0.3) is 6.08 Å². The number of benzene rings is 2. The van der Waals surface area contributed by atoms with Crippen molar-refractivity contribution in [1.82, 2.24) is 0 Å². The average Bonchev–Trinajstić information content (AvgIpc) is 3.62. The van der Waals surface area contributed by atoms with Crippen molar-refractivity contribution in [3.63, 3.8) is 0 Å². The standard InChI is InChI=1S/C23H22FNO8S/c1-31-22(27)20-18(7-6-16-17-11-14(17)12-33-21(16)20)25(23(28)32-2)34(29,30)19-8-5-15(24)10-13(19)4-3-9-26/h3-8,10,14,17,26H,9,11-12H2,1-2H3/b4-3-/t14?,17-/m0/s1. The second-order valence-electron chi connectivity index (χ2n) is 7.79. The number of hydrogen-bond donors (Lipinski definition) is 1. The first-order chi connectivity index (χ1) is 16.2. The zero-order valence-electron chi connectivity index (χ0n) is 18.4. The lowest BCUT2D eigenvalue weighted by molar-refractivity contribution is 0.0596. The fourth-order valence-corrected chi connectivity index (χ4v) is 5.62. The summed E-state index contributed by atoms with van der Waals surface area (Å²) in [7, 11) is -2.62. The highest BCUT2D eigenvalue weighted by Gasteiger charge is 2.47. The van der Waals surface area contributed by atoms with Crippen LogP contribution >= 0.6 is 0 Å². The Labute approximate surface area is 195 Å². The number of hydrogen-bond acceptors (Lipinski definition) is 8. The van der Waals surface area contributed by atoms with Crippen LogP contribution in [0.3, 0.4) is 0 Å². The highest BCUT2D eigenvalue weighted by molar-refractivity contribution is 7.93. The van der Waals surface area contributed by atoms with Crippen molar-refractivity contribution in [3.8, 4) is 5.75 Å². The van der Waals surface area contributed by atoms with E-state index in [1.807, 2.05) is 0 Å². The number of amides is 1. The van der Waals surface area contributed by atoms with Crippen LogP contribution in [0.5, 0.6) is 5.75 Å². The van der Waals surface area contributed by atoms with Gasteiger partial charge in [0.15, 0.2) is 0 Å². The Kier molecular flexibility index (Phi) is 6.32. The van der Waals surface area contributed by atoms with Crippen LogP contribution in [-0.4, -0.2) is 53.0 Å². The maximum atomic E-state index is 13.9. The SMILES string of the molecule is COC(=O)c1c(N(C(=O)OC)S(=O)(=O)c2ccc(F)cc2/C=C\CO)ccc2c1OCC1C[C@H]21. The normalized spacial score (nSPS) is 18.5. The summed E-state index contributed by atoms with van der Waals surface area (Å²) in [4.78, 5) is 25.2. The number of ether oxygens (including phenoxy) is 3. The summed E-state index contributed by atoms with van der Waals surface area (Å²) in [6.07, 6.45) is 2.00. The van der Waals surface area contributed by atoms with Gasteiger partial charge in [-0.1, -0.05) is 18.2 Å². The molecule has 1 saturated carbocycles. The van der Waals surface area contributed by atoms with Gasteiger partial charge in [0, 0.05) is 5.92 Å². The van der Waals surface area contributed by atoms with Crippen molar-refractivity contribution in [1.29, 1.82) is 0 Å². The summed E-state index contributed by atoms with van der Waals surface area (Å²) in [5, 5.41) is 9.09. The summed E-state index contributed by atoms with van der Waals surface area (Å²) in [6.45, 7) is -0.0717. The van der Waals surface area contributed by atoms with Crippen LogP contribution < -0.4 is 9.04 Å². The molecule has 0 spiro atoms. The molecule has 1 N–H and O–H groups in total. The molecule has 1 heterocycles. The Bertz CT molecular complexity index is 1290. The van der Waals surface area contributed by atoms with Crippen molar-refractivity contribution in [2.45, 2.75) is 17.2 Å². The number of rotatable bonds is 6. The molecule has 4 rings (SSSR count). The van der Waals surface area contributed by atoms with E-state index in [1.54, 1.807) is 6.07 Å². The van der Waals surface area contributed by atoms with Gasteiger partial charge in [-0.05, 0) is 47.7 Å². The number of methoxy groups -OCH3 is 2. The lowest BCUT2D eigenvalue weighted by Gasteiger charge is -2.27. The van der Waals surface area contributed by atoms with Crippen molar-refractivity contribution in [2.24, 2.45) is 5.92 Å². The molecule has 9 nitrogen and oxygen atoms in total. The Hall–Kier alpha value is -3.44. The number of nitrogens with zero attached hydrogens (tertiary/aromatic N) is 1. The minimum Gasteiger partial charge on any atom is -0.492 e. The van der Waals surface area contributed by atoms with E-state index < -0.39 is 39.4 Å². The number of carbonyl (C=O) groups is 2. The first-order valence-corrected chi connectivity index (χ1v) is 11.8. The fraction of sp³-hybridized carbons (Fsp3) is 0.304. The van der Waals surface area contributed by atoms with E-state index in [0.717, 1.165) is 44.4 Å². The maximum Gasteiger partial charge on any atom is 0.428 e. The molecular weight excluding hydrogens is 469 g/mol.